The lowest BCUT2D eigenvalue weighted by Gasteiger charge is -2.27. The summed E-state index contributed by atoms with van der Waals surface area (Å²) in [6, 6.07) is 43.0. The van der Waals surface area contributed by atoms with Crippen LogP contribution in [0.1, 0.15) is 197 Å². The Morgan fingerprint density at radius 2 is 0.782 bits per heavy atom. The van der Waals surface area contributed by atoms with Gasteiger partial charge in [0.1, 0.15) is 52.1 Å². The molecule has 25 heteroatoms. The Kier molecular flexibility index (Phi) is 21.0. The molecule has 11 heterocycles. The lowest BCUT2D eigenvalue weighted by molar-refractivity contribution is -0.130. The number of methoxy groups -OCH3 is 3. The van der Waals surface area contributed by atoms with Crippen LogP contribution in [0.2, 0.25) is 0 Å². The van der Waals surface area contributed by atoms with E-state index in [0.29, 0.717) is 74.7 Å². The molecule has 19 rings (SSSR count). The van der Waals surface area contributed by atoms with E-state index in [4.69, 9.17) is 53.3 Å². The number of amides is 5. The van der Waals surface area contributed by atoms with Gasteiger partial charge in [0.05, 0.1) is 97.2 Å². The maximum atomic E-state index is 13.2. The second-order valence-corrected chi connectivity index (χ2v) is 34.9. The van der Waals surface area contributed by atoms with Gasteiger partial charge in [-0.25, -0.2) is 29.9 Å². The first-order valence-electron chi connectivity index (χ1n) is 41.9. The third-order valence-electron chi connectivity index (χ3n) is 26.1. The highest BCUT2D eigenvalue weighted by molar-refractivity contribution is 6.08. The molecule has 3 aliphatic carbocycles. The van der Waals surface area contributed by atoms with Crippen molar-refractivity contribution in [2.24, 2.45) is 17.8 Å². The minimum Gasteiger partial charge on any atom is -0.497 e. The van der Waals surface area contributed by atoms with E-state index in [-0.39, 0.29) is 83.7 Å². The molecule has 618 valence electrons. The molecule has 1 N–H and O–H groups in total. The van der Waals surface area contributed by atoms with Gasteiger partial charge in [-0.2, -0.15) is 0 Å². The molecule has 119 heavy (non-hydrogen) atoms. The zero-order valence-corrected chi connectivity index (χ0v) is 70.6. The lowest BCUT2D eigenvalue weighted by Crippen LogP contribution is -2.33. The number of aromatic nitrogens is 9. The molecule has 5 amide bonds. The van der Waals surface area contributed by atoms with Crippen LogP contribution in [0.5, 0.6) is 34.9 Å². The van der Waals surface area contributed by atoms with Gasteiger partial charge in [-0.3, -0.25) is 24.0 Å². The Balaban J connectivity index is 0.000000129. The fraction of sp³-hybridized carbons (Fsp3) is 0.436. The largest absolute Gasteiger partial charge is 0.497 e. The van der Waals surface area contributed by atoms with Crippen molar-refractivity contribution in [3.8, 4) is 57.4 Å². The Bertz CT molecular complexity index is 5750. The van der Waals surface area contributed by atoms with E-state index < -0.39 is 10.8 Å². The second-order valence-electron chi connectivity index (χ2n) is 34.9. The molecule has 25 nitrogen and oxygen atoms in total. The molecule has 6 fully saturated rings. The van der Waals surface area contributed by atoms with Crippen LogP contribution in [-0.2, 0) is 34.8 Å². The maximum Gasteiger partial charge on any atom is 0.241 e. The van der Waals surface area contributed by atoms with Crippen molar-refractivity contribution in [3.63, 3.8) is 0 Å². The predicted octanol–water partition coefficient (Wildman–Crippen LogP) is 16.6. The molecule has 3 saturated carbocycles. The summed E-state index contributed by atoms with van der Waals surface area (Å²) < 4.78 is 42.2. The highest BCUT2D eigenvalue weighted by atomic mass is 16.5. The van der Waals surface area contributed by atoms with E-state index in [1.165, 1.54) is 12.8 Å². The second kappa shape index (κ2) is 31.4. The molecule has 5 aromatic carbocycles. The number of hydrogen-bond donors (Lipinski definition) is 1. The number of nitrogens with one attached hydrogen (secondary N) is 1. The molecule has 0 bridgehead atoms. The molecule has 0 unspecified atom stereocenters. The highest BCUT2D eigenvalue weighted by Crippen LogP contribution is 2.48. The standard InChI is InChI=1S/C35H39N5O4.C34H37N5O4.C25H30N4O3/c1-20(22-7-12-26(43-6)13-8-22)39-18-24(16-31(39)41)21(2)44-33-32-29(36-19-40(32)25-10-11-25)17-28(37-33)23-9-14-27-30(15-23)38(5)34(42)35(27,3)4;1-19(21-6-11-25(42-5)12-7-21)38-17-23(15-30(38)40)20(2)43-32-31-29(35-18-39(31)24-9-10-24)16-27(36-32)22-8-13-26-28(14-22)37-33(41)34(26,3)4;1-15-11-22-24(29(14-26-22)20-7-8-20)25(27-15)32-17(3)19-12-23(30)28(13-19)16(2)18-5-9-21(31-4)10-6-18/h7-9,12-15,17,19-21,24-25H,10-11,16,18H2,1-6H3;6-8,11-14,16,18-20,23-24H,9-10,15,17H2,1-5H3,(H,37,41);5-6,9-11,14,16-17,19-20H,7-8,12-13H2,1-4H3/t20-,21-,24-;19-,20-,23-;16-,17-,19-/m111/s1. The number of likely N-dealkylation sites (tertiary alicyclic amines) is 3. The zero-order chi connectivity index (χ0) is 83.4. The number of nitrogens with zero attached hydrogens (tertiary/aromatic N) is 13. The molecule has 0 spiro atoms. The number of pyridine rings is 3. The third-order valence-corrected chi connectivity index (χ3v) is 26.1. The fourth-order valence-corrected chi connectivity index (χ4v) is 17.9. The molecular formula is C94H106N14O11. The highest BCUT2D eigenvalue weighted by Gasteiger charge is 2.45. The third kappa shape index (κ3) is 15.3. The minimum atomic E-state index is -0.574. The van der Waals surface area contributed by atoms with E-state index in [0.717, 1.165) is 143 Å². The van der Waals surface area contributed by atoms with Gasteiger partial charge in [0.25, 0.3) is 0 Å². The number of rotatable bonds is 23. The van der Waals surface area contributed by atoms with Crippen molar-refractivity contribution in [1.29, 1.82) is 0 Å². The molecule has 5 aliphatic heterocycles. The summed E-state index contributed by atoms with van der Waals surface area (Å²) in [6.45, 7) is 24.0. The normalized spacial score (nSPS) is 20.7. The van der Waals surface area contributed by atoms with Gasteiger partial charge in [0, 0.05) is 110 Å². The number of ether oxygens (including phenoxy) is 6. The minimum absolute atomic E-state index is 0.00528. The van der Waals surface area contributed by atoms with Crippen LogP contribution in [0.25, 0.3) is 55.6 Å². The van der Waals surface area contributed by atoms with Crippen molar-refractivity contribution in [2.45, 2.75) is 199 Å². The first-order chi connectivity index (χ1) is 57.1. The average molecular weight is 1610 g/mol. The average Bonchev–Trinajstić information content (AvgIpc) is 1.60. The van der Waals surface area contributed by atoms with E-state index in [1.807, 2.05) is 224 Å². The van der Waals surface area contributed by atoms with Gasteiger partial charge < -0.3 is 67.0 Å². The molecule has 11 aromatic rings. The first-order valence-corrected chi connectivity index (χ1v) is 41.9. The summed E-state index contributed by atoms with van der Waals surface area (Å²) >= 11 is 0. The zero-order valence-electron chi connectivity index (χ0n) is 70.6. The van der Waals surface area contributed by atoms with E-state index >= 15 is 0 Å². The molecule has 6 aromatic heterocycles. The van der Waals surface area contributed by atoms with Crippen LogP contribution in [0, 0.1) is 24.7 Å². The number of imidazole rings is 3. The van der Waals surface area contributed by atoms with Gasteiger partial charge >= 0.3 is 0 Å². The summed E-state index contributed by atoms with van der Waals surface area (Å²) in [5.41, 5.74) is 15.3. The van der Waals surface area contributed by atoms with Crippen LogP contribution < -0.4 is 38.6 Å². The molecule has 3 saturated heterocycles. The first kappa shape index (κ1) is 79.6. The molecular weight excluding hydrogens is 1500 g/mol. The van der Waals surface area contributed by atoms with Gasteiger partial charge in [-0.1, -0.05) is 60.7 Å². The summed E-state index contributed by atoms with van der Waals surface area (Å²) in [6.07, 6.45) is 13.2. The number of likely N-dealkylation sites (N-methyl/N-ethyl adjacent to an activating group) is 1. The number of fused-ring (bicyclic) bond motifs is 5. The number of carbonyl (C=O) groups is 5. The van der Waals surface area contributed by atoms with Crippen molar-refractivity contribution in [2.75, 3.05) is 58.2 Å². The molecule has 0 radical (unpaired) electrons. The van der Waals surface area contributed by atoms with Crippen LogP contribution in [-0.4, -0.2) is 154 Å². The Labute approximate surface area is 693 Å². The van der Waals surface area contributed by atoms with Gasteiger partial charge in [-0.15, -0.1) is 0 Å². The topological polar surface area (TPSA) is 258 Å². The van der Waals surface area contributed by atoms with Gasteiger partial charge in [0.2, 0.25) is 47.2 Å². The summed E-state index contributed by atoms with van der Waals surface area (Å²) in [5, 5.41) is 3.02. The molecule has 8 aliphatic rings. The summed E-state index contributed by atoms with van der Waals surface area (Å²) in [4.78, 5) is 101. The Morgan fingerprint density at radius 3 is 1.15 bits per heavy atom. The van der Waals surface area contributed by atoms with Crippen LogP contribution >= 0.6 is 0 Å². The van der Waals surface area contributed by atoms with Crippen molar-refractivity contribution < 1.29 is 52.4 Å². The van der Waals surface area contributed by atoms with E-state index in [2.05, 4.69) is 44.8 Å². The monoisotopic (exact) mass is 1610 g/mol. The summed E-state index contributed by atoms with van der Waals surface area (Å²) in [5.74, 6) is 4.74. The Morgan fingerprint density at radius 1 is 0.429 bits per heavy atom. The Hall–Kier alpha value is -11.9. The smallest absolute Gasteiger partial charge is 0.241 e. The number of anilines is 2. The van der Waals surface area contributed by atoms with Crippen LogP contribution in [0.3, 0.4) is 0 Å². The number of aryl methyl sites for hydroxylation is 1. The van der Waals surface area contributed by atoms with E-state index in [1.54, 1.807) is 26.2 Å². The SMILES string of the molecule is COc1ccc([C@@H](C)N2C[C@H]([C@@H](C)Oc3nc(-c4ccc5c(c4)N(C)C(=O)C5(C)C)cc4ncn(C5CC5)c34)CC2=O)cc1.COc1ccc([C@@H](C)N2C[C@H]([C@@H](C)Oc3nc(-c4ccc5c(c4)NC(=O)C5(C)C)cc4ncn(C5CC5)c34)CC2=O)cc1.COc1ccc([C@@H](C)N2C[C@H]([C@@H](C)Oc3nc(C)cc4ncn(C5CC5)c34)CC2=O)cc1. The number of benzene rings is 5. The van der Waals surface area contributed by atoms with Crippen molar-refractivity contribution >= 4 is 74.0 Å². The van der Waals surface area contributed by atoms with Gasteiger partial charge in [-0.05, 0) is 209 Å². The van der Waals surface area contributed by atoms with Crippen LogP contribution in [0.15, 0.2) is 146 Å². The van der Waals surface area contributed by atoms with Crippen molar-refractivity contribution in [1.82, 2.24) is 58.3 Å². The number of hydrogen-bond acceptors (Lipinski definition) is 17. The fourth-order valence-electron chi connectivity index (χ4n) is 17.9. The quantitative estimate of drug-likeness (QED) is 0.0624. The van der Waals surface area contributed by atoms with Gasteiger partial charge in [0.15, 0.2) is 0 Å². The number of carbonyl (C=O) groups excluding carboxylic acids is 5. The van der Waals surface area contributed by atoms with Crippen molar-refractivity contribution in [3.05, 3.63) is 180 Å². The lowest BCUT2D eigenvalue weighted by atomic mass is 9.85. The predicted molar refractivity (Wildman–Crippen MR) is 455 cm³/mol. The van der Waals surface area contributed by atoms with Crippen LogP contribution in [0.4, 0.5) is 11.4 Å². The molecule has 9 atom stereocenters. The maximum absolute atomic E-state index is 13.2. The summed E-state index contributed by atoms with van der Waals surface area (Å²) in [7, 11) is 6.78. The van der Waals surface area contributed by atoms with E-state index in [9.17, 15) is 24.0 Å².